The first-order valence-corrected chi connectivity index (χ1v) is 18.7. The van der Waals surface area contributed by atoms with Crippen molar-refractivity contribution in [3.8, 4) is 0 Å². The van der Waals surface area contributed by atoms with Gasteiger partial charge in [-0.2, -0.15) is 8.78 Å². The van der Waals surface area contributed by atoms with Gasteiger partial charge in [0.1, 0.15) is 17.8 Å². The van der Waals surface area contributed by atoms with E-state index in [9.17, 15) is 42.1 Å². The van der Waals surface area contributed by atoms with Crippen molar-refractivity contribution in [3.05, 3.63) is 71.4 Å². The van der Waals surface area contributed by atoms with Crippen LogP contribution in [0.5, 0.6) is 0 Å². The summed E-state index contributed by atoms with van der Waals surface area (Å²) in [5.74, 6) is -3.43. The topological polar surface area (TPSA) is 232 Å². The molecule has 0 aliphatic carbocycles. The van der Waals surface area contributed by atoms with Gasteiger partial charge in [0.25, 0.3) is 5.91 Å². The number of alkyl halides is 2. The highest BCUT2D eigenvalue weighted by Crippen LogP contribution is 2.59. The molecule has 0 radical (unpaired) electrons. The molecule has 0 spiro atoms. The summed E-state index contributed by atoms with van der Waals surface area (Å²) in [6.07, 6.45) is 1.27. The van der Waals surface area contributed by atoms with Crippen molar-refractivity contribution in [3.63, 3.8) is 0 Å². The van der Waals surface area contributed by atoms with Gasteiger partial charge in [0.05, 0.1) is 6.04 Å². The summed E-state index contributed by atoms with van der Waals surface area (Å²) in [5.41, 5.74) is 0.845. The molecular weight excluding hydrogens is 717 g/mol. The Morgan fingerprint density at radius 2 is 1.75 bits per heavy atom. The third-order valence-electron chi connectivity index (χ3n) is 9.71. The second-order valence-corrected chi connectivity index (χ2v) is 15.0. The number of ketones is 1. The van der Waals surface area contributed by atoms with Crippen LogP contribution in [0.4, 0.5) is 8.78 Å². The first-order chi connectivity index (χ1) is 25.0. The first kappa shape index (κ1) is 39.2. The van der Waals surface area contributed by atoms with Crippen LogP contribution in [0.3, 0.4) is 0 Å². The largest absolute Gasteiger partial charge is 0.399 e. The molecule has 2 aromatic carbocycles. The Morgan fingerprint density at radius 1 is 1.04 bits per heavy atom. The number of nitrogens with one attached hydrogen (secondary N) is 3. The molecule has 53 heavy (non-hydrogen) atoms. The summed E-state index contributed by atoms with van der Waals surface area (Å²) < 4.78 is 40.1. The van der Waals surface area contributed by atoms with Gasteiger partial charge in [-0.25, -0.2) is 0 Å². The SMILES string of the molecule is CC(=O)N1CC[C@H]2CC[C@@H](C(=O)N[C@@H](CCC(N)=O)C(=O)CCc3ccccc3)N2C(=O)[C@@H](NC(=O)c2cc3cc(C(F)(F)P(=O)(O)O)ccc3[nH]2)C1. The molecule has 2 aliphatic heterocycles. The van der Waals surface area contributed by atoms with Crippen LogP contribution in [0.1, 0.15) is 67.1 Å². The summed E-state index contributed by atoms with van der Waals surface area (Å²) in [4.78, 5) is 103. The molecule has 3 aromatic rings. The molecule has 15 nitrogen and oxygen atoms in total. The normalized spacial score (nSPS) is 19.9. The Kier molecular flexibility index (Phi) is 11.8. The van der Waals surface area contributed by atoms with Crippen LogP contribution in [0.2, 0.25) is 0 Å². The van der Waals surface area contributed by atoms with Crippen molar-refractivity contribution in [2.24, 2.45) is 5.73 Å². The van der Waals surface area contributed by atoms with Crippen LogP contribution < -0.4 is 16.4 Å². The smallest absolute Gasteiger partial charge is 0.370 e. The van der Waals surface area contributed by atoms with Gasteiger partial charge < -0.3 is 40.9 Å². The van der Waals surface area contributed by atoms with Gasteiger partial charge >= 0.3 is 13.3 Å². The maximum absolute atomic E-state index is 14.4. The minimum Gasteiger partial charge on any atom is -0.370 e. The molecule has 284 valence electrons. The second kappa shape index (κ2) is 15.9. The number of fused-ring (bicyclic) bond motifs is 2. The second-order valence-electron chi connectivity index (χ2n) is 13.4. The van der Waals surface area contributed by atoms with Gasteiger partial charge in [0.2, 0.25) is 23.6 Å². The number of aromatic amines is 1. The molecule has 5 rings (SSSR count). The standard InChI is InChI=1S/C35H41F2N6O9P/c1-20(44)42-16-15-24-9-12-29(33(48)40-26(11-14-31(38)46)30(45)13-7-21-5-3-2-4-6-21)43(24)34(49)28(19-42)41-32(47)27-18-22-17-23(8-10-25(22)39-27)35(36,37)53(50,51)52/h2-6,8,10,17-18,24,26,28-29,39H,7,9,11-16,19H2,1H3,(H2,38,46)(H,40,48)(H,41,47)(H2,50,51,52)/t24-,26+,28+,29+/m1/s1. The minimum absolute atomic E-state index is 0.0337. The average Bonchev–Trinajstić information content (AvgIpc) is 3.73. The maximum atomic E-state index is 14.4. The van der Waals surface area contributed by atoms with E-state index < -0.39 is 66.6 Å². The van der Waals surface area contributed by atoms with Crippen LogP contribution >= 0.6 is 7.60 Å². The van der Waals surface area contributed by atoms with Crippen LogP contribution in [0.25, 0.3) is 10.9 Å². The first-order valence-electron chi connectivity index (χ1n) is 17.1. The number of H-pyrrole nitrogens is 1. The number of aryl methyl sites for hydroxylation is 1. The third-order valence-corrected chi connectivity index (χ3v) is 10.7. The average molecular weight is 759 g/mol. The van der Waals surface area contributed by atoms with E-state index in [1.807, 2.05) is 30.3 Å². The van der Waals surface area contributed by atoms with Crippen molar-refractivity contribution in [1.82, 2.24) is 25.4 Å². The number of hydrogen-bond donors (Lipinski definition) is 6. The van der Waals surface area contributed by atoms with E-state index in [0.717, 1.165) is 23.8 Å². The zero-order chi connectivity index (χ0) is 38.7. The van der Waals surface area contributed by atoms with Gasteiger partial charge in [0.15, 0.2) is 5.78 Å². The number of nitrogens with zero attached hydrogens (tertiary/aromatic N) is 2. The van der Waals surface area contributed by atoms with Gasteiger partial charge in [-0.15, -0.1) is 0 Å². The highest BCUT2D eigenvalue weighted by atomic mass is 31.2. The molecule has 0 bridgehead atoms. The number of Topliss-reactive ketones (excluding diaryl/α,β-unsaturated/α-hetero) is 1. The third kappa shape index (κ3) is 8.98. The van der Waals surface area contributed by atoms with Gasteiger partial charge in [-0.05, 0) is 55.9 Å². The summed E-state index contributed by atoms with van der Waals surface area (Å²) in [6, 6.07) is 9.30. The van der Waals surface area contributed by atoms with E-state index >= 15 is 0 Å². The lowest BCUT2D eigenvalue weighted by atomic mass is 9.99. The molecule has 4 atom stereocenters. The Labute approximate surface area is 302 Å². The molecule has 0 unspecified atom stereocenters. The van der Waals surface area contributed by atoms with Crippen LogP contribution in [0, 0.1) is 0 Å². The number of primary amides is 1. The summed E-state index contributed by atoms with van der Waals surface area (Å²) in [5, 5.41) is 5.37. The molecule has 1 aromatic heterocycles. The fourth-order valence-electron chi connectivity index (χ4n) is 6.83. The molecule has 3 heterocycles. The van der Waals surface area contributed by atoms with Crippen LogP contribution in [0.15, 0.2) is 54.6 Å². The number of halogens is 2. The molecule has 2 fully saturated rings. The Morgan fingerprint density at radius 3 is 2.42 bits per heavy atom. The molecule has 18 heteroatoms. The van der Waals surface area contributed by atoms with E-state index in [-0.39, 0.29) is 67.1 Å². The van der Waals surface area contributed by atoms with Crippen molar-refractivity contribution in [2.45, 2.75) is 81.7 Å². The Hall–Kier alpha value is -4.99. The summed E-state index contributed by atoms with van der Waals surface area (Å²) in [7, 11) is -5.85. The number of rotatable bonds is 13. The van der Waals surface area contributed by atoms with Gasteiger partial charge in [0, 0.05) is 55.4 Å². The molecule has 7 N–H and O–H groups in total. The Balaban J connectivity index is 1.35. The van der Waals surface area contributed by atoms with E-state index in [1.165, 1.54) is 22.8 Å². The lowest BCUT2D eigenvalue weighted by molar-refractivity contribution is -0.145. The van der Waals surface area contributed by atoms with Crippen LogP contribution in [-0.4, -0.2) is 97.1 Å². The molecule has 5 amide bonds. The molecular formula is C35H41F2N6O9P. The van der Waals surface area contributed by atoms with E-state index in [1.54, 1.807) is 0 Å². The zero-order valence-corrected chi connectivity index (χ0v) is 29.7. The number of amides is 5. The zero-order valence-electron chi connectivity index (χ0n) is 28.8. The fraction of sp³-hybridized carbons (Fsp3) is 0.429. The lowest BCUT2D eigenvalue weighted by Gasteiger charge is -2.38. The molecule has 2 aliphatic rings. The number of nitrogens with two attached hydrogens (primary N) is 1. The lowest BCUT2D eigenvalue weighted by Crippen LogP contribution is -2.61. The van der Waals surface area contributed by atoms with E-state index in [4.69, 9.17) is 15.5 Å². The highest BCUT2D eigenvalue weighted by Gasteiger charge is 2.50. The summed E-state index contributed by atoms with van der Waals surface area (Å²) in [6.45, 7) is 1.29. The fourth-order valence-corrected chi connectivity index (χ4v) is 7.30. The van der Waals surface area contributed by atoms with Gasteiger partial charge in [-0.3, -0.25) is 33.3 Å². The highest BCUT2D eigenvalue weighted by molar-refractivity contribution is 7.52. The minimum atomic E-state index is -5.85. The van der Waals surface area contributed by atoms with Gasteiger partial charge in [-0.1, -0.05) is 36.4 Å². The van der Waals surface area contributed by atoms with Crippen molar-refractivity contribution >= 4 is 53.8 Å². The van der Waals surface area contributed by atoms with Crippen molar-refractivity contribution < 1.29 is 51.9 Å². The quantitative estimate of drug-likeness (QED) is 0.140. The van der Waals surface area contributed by atoms with Crippen molar-refractivity contribution in [2.75, 3.05) is 13.1 Å². The number of benzene rings is 2. The van der Waals surface area contributed by atoms with E-state index in [2.05, 4.69) is 15.6 Å². The monoisotopic (exact) mass is 758 g/mol. The summed E-state index contributed by atoms with van der Waals surface area (Å²) >= 11 is 0. The predicted molar refractivity (Wildman–Crippen MR) is 186 cm³/mol. The van der Waals surface area contributed by atoms with Crippen LogP contribution in [-0.2, 0) is 40.6 Å². The number of carbonyl (C=O) groups is 6. The number of hydrogen-bond acceptors (Lipinski definition) is 7. The molecule has 2 saturated heterocycles. The predicted octanol–water partition coefficient (Wildman–Crippen LogP) is 2.06. The maximum Gasteiger partial charge on any atom is 0.399 e. The Bertz CT molecular complexity index is 1950. The number of carbonyl (C=O) groups excluding carboxylic acids is 6. The molecule has 0 saturated carbocycles. The van der Waals surface area contributed by atoms with Crippen molar-refractivity contribution in [1.29, 1.82) is 0 Å². The van der Waals surface area contributed by atoms with E-state index in [0.29, 0.717) is 19.3 Å². The number of aromatic nitrogens is 1.